The zero-order valence-corrected chi connectivity index (χ0v) is 11.9. The Morgan fingerprint density at radius 1 is 1.10 bits per heavy atom. The highest BCUT2D eigenvalue weighted by Gasteiger charge is 2.44. The van der Waals surface area contributed by atoms with E-state index in [9.17, 15) is 14.4 Å². The molecule has 1 aliphatic carbocycles. The lowest BCUT2D eigenvalue weighted by atomic mass is 9.95. The average Bonchev–Trinajstić information content (AvgIpc) is 3.03. The highest BCUT2D eigenvalue weighted by molar-refractivity contribution is 5.86. The number of nitrogens with zero attached hydrogens (tertiary/aromatic N) is 1. The van der Waals surface area contributed by atoms with Crippen molar-refractivity contribution in [2.45, 2.75) is 26.2 Å². The van der Waals surface area contributed by atoms with Crippen molar-refractivity contribution in [1.29, 1.82) is 0 Å². The Hall–Kier alpha value is -1.59. The fourth-order valence-electron chi connectivity index (χ4n) is 3.39. The second-order valence-corrected chi connectivity index (χ2v) is 5.83. The number of hydrogen-bond acceptors (Lipinski definition) is 4. The van der Waals surface area contributed by atoms with E-state index in [1.165, 1.54) is 7.11 Å². The molecule has 1 aliphatic heterocycles. The van der Waals surface area contributed by atoms with E-state index in [0.29, 0.717) is 25.9 Å². The minimum atomic E-state index is -0.891. The molecule has 6 heteroatoms. The molecular weight excluding hydrogens is 262 g/mol. The van der Waals surface area contributed by atoms with Crippen molar-refractivity contribution >= 4 is 17.8 Å². The number of aliphatic carboxylic acids is 1. The van der Waals surface area contributed by atoms with Gasteiger partial charge in [-0.1, -0.05) is 13.3 Å². The highest BCUT2D eigenvalue weighted by atomic mass is 16.5. The van der Waals surface area contributed by atoms with Crippen LogP contribution in [-0.4, -0.2) is 48.1 Å². The predicted octanol–water partition coefficient (Wildman–Crippen LogP) is 0.755. The topological polar surface area (TPSA) is 83.9 Å². The van der Waals surface area contributed by atoms with Crippen LogP contribution in [0.15, 0.2) is 0 Å². The summed E-state index contributed by atoms with van der Waals surface area (Å²) in [6.45, 7) is 2.76. The van der Waals surface area contributed by atoms with Crippen LogP contribution in [0.2, 0.25) is 0 Å². The van der Waals surface area contributed by atoms with Gasteiger partial charge in [-0.3, -0.25) is 14.4 Å². The van der Waals surface area contributed by atoms with Crippen molar-refractivity contribution in [3.8, 4) is 0 Å². The van der Waals surface area contributed by atoms with Crippen molar-refractivity contribution in [2.24, 2.45) is 23.7 Å². The van der Waals surface area contributed by atoms with Gasteiger partial charge in [-0.2, -0.15) is 0 Å². The lowest BCUT2D eigenvalue weighted by Crippen LogP contribution is -2.38. The molecule has 0 bridgehead atoms. The van der Waals surface area contributed by atoms with Crippen LogP contribution in [0.5, 0.6) is 0 Å². The summed E-state index contributed by atoms with van der Waals surface area (Å²) in [4.78, 5) is 36.9. The van der Waals surface area contributed by atoms with Crippen molar-refractivity contribution in [3.63, 3.8) is 0 Å². The molecule has 20 heavy (non-hydrogen) atoms. The normalized spacial score (nSPS) is 33.2. The van der Waals surface area contributed by atoms with E-state index in [1.54, 1.807) is 4.90 Å². The summed E-state index contributed by atoms with van der Waals surface area (Å²) in [6.07, 6.45) is 1.97. The molecular formula is C14H21NO5. The standard InChI is InChI=1S/C14H21NO5/c1-8-6-15(7-11(8)14(19)20-2)12(16)9-4-3-5-10(9)13(17)18/h8-11H,3-7H2,1-2H3,(H,17,18). The fraction of sp³-hybridized carbons (Fsp3) is 0.786. The van der Waals surface area contributed by atoms with Crippen LogP contribution in [0.4, 0.5) is 0 Å². The summed E-state index contributed by atoms with van der Waals surface area (Å²) >= 11 is 0. The molecule has 4 atom stereocenters. The van der Waals surface area contributed by atoms with Crippen LogP contribution in [-0.2, 0) is 19.1 Å². The van der Waals surface area contributed by atoms with Crippen molar-refractivity contribution in [2.75, 3.05) is 20.2 Å². The number of ether oxygens (including phenoxy) is 1. The molecule has 6 nitrogen and oxygen atoms in total. The molecule has 1 saturated heterocycles. The summed E-state index contributed by atoms with van der Waals surface area (Å²) in [5.41, 5.74) is 0. The van der Waals surface area contributed by atoms with Gasteiger partial charge in [0.1, 0.15) is 0 Å². The number of amides is 1. The first kappa shape index (κ1) is 14.8. The molecule has 4 unspecified atom stereocenters. The SMILES string of the molecule is COC(=O)C1CN(C(=O)C2CCCC2C(=O)O)CC1C. The third kappa shape index (κ3) is 2.64. The van der Waals surface area contributed by atoms with Crippen LogP contribution in [0.3, 0.4) is 0 Å². The third-order valence-electron chi connectivity index (χ3n) is 4.58. The number of esters is 1. The lowest BCUT2D eigenvalue weighted by Gasteiger charge is -2.23. The first-order chi connectivity index (χ1) is 9.45. The molecule has 0 radical (unpaired) electrons. The van der Waals surface area contributed by atoms with Gasteiger partial charge in [-0.05, 0) is 18.8 Å². The summed E-state index contributed by atoms with van der Waals surface area (Å²) in [5.74, 6) is -2.56. The second-order valence-electron chi connectivity index (χ2n) is 5.83. The molecule has 0 aromatic heterocycles. The maximum absolute atomic E-state index is 12.5. The Morgan fingerprint density at radius 2 is 1.75 bits per heavy atom. The maximum atomic E-state index is 12.5. The van der Waals surface area contributed by atoms with Gasteiger partial charge in [-0.15, -0.1) is 0 Å². The fourth-order valence-corrected chi connectivity index (χ4v) is 3.39. The Bertz CT molecular complexity index is 422. The molecule has 1 saturated carbocycles. The van der Waals surface area contributed by atoms with Gasteiger partial charge in [0.05, 0.1) is 24.9 Å². The number of hydrogen-bond donors (Lipinski definition) is 1. The summed E-state index contributed by atoms with van der Waals surface area (Å²) in [6, 6.07) is 0. The Balaban J connectivity index is 2.04. The van der Waals surface area contributed by atoms with Gasteiger partial charge in [0.2, 0.25) is 5.91 Å². The van der Waals surface area contributed by atoms with Gasteiger partial charge >= 0.3 is 11.9 Å². The Kier molecular flexibility index (Phi) is 4.30. The predicted molar refractivity (Wildman–Crippen MR) is 69.7 cm³/mol. The number of carbonyl (C=O) groups excluding carboxylic acids is 2. The van der Waals surface area contributed by atoms with E-state index in [0.717, 1.165) is 6.42 Å². The lowest BCUT2D eigenvalue weighted by molar-refractivity contribution is -0.149. The van der Waals surface area contributed by atoms with Crippen LogP contribution in [0.25, 0.3) is 0 Å². The Labute approximate surface area is 118 Å². The zero-order chi connectivity index (χ0) is 14.9. The van der Waals surface area contributed by atoms with Gasteiger partial charge in [0, 0.05) is 13.1 Å². The number of carbonyl (C=O) groups is 3. The molecule has 0 aromatic carbocycles. The number of likely N-dealkylation sites (tertiary alicyclic amines) is 1. The number of carboxylic acids is 1. The van der Waals surface area contributed by atoms with Crippen LogP contribution < -0.4 is 0 Å². The number of rotatable bonds is 3. The molecule has 2 fully saturated rings. The average molecular weight is 283 g/mol. The third-order valence-corrected chi connectivity index (χ3v) is 4.58. The monoisotopic (exact) mass is 283 g/mol. The van der Waals surface area contributed by atoms with E-state index in [1.807, 2.05) is 6.92 Å². The van der Waals surface area contributed by atoms with E-state index < -0.39 is 17.8 Å². The number of carboxylic acid groups (broad SMARTS) is 1. The summed E-state index contributed by atoms with van der Waals surface area (Å²) in [5, 5.41) is 9.16. The quantitative estimate of drug-likeness (QED) is 0.773. The summed E-state index contributed by atoms with van der Waals surface area (Å²) in [7, 11) is 1.34. The van der Waals surface area contributed by atoms with Crippen molar-refractivity contribution in [1.82, 2.24) is 4.90 Å². The highest BCUT2D eigenvalue weighted by Crippen LogP contribution is 2.35. The van der Waals surface area contributed by atoms with E-state index >= 15 is 0 Å². The van der Waals surface area contributed by atoms with Crippen LogP contribution in [0.1, 0.15) is 26.2 Å². The second kappa shape index (κ2) is 5.81. The van der Waals surface area contributed by atoms with Crippen molar-refractivity contribution < 1.29 is 24.2 Å². The van der Waals surface area contributed by atoms with Crippen molar-refractivity contribution in [3.05, 3.63) is 0 Å². The smallest absolute Gasteiger partial charge is 0.310 e. The number of methoxy groups -OCH3 is 1. The maximum Gasteiger partial charge on any atom is 0.310 e. The summed E-state index contributed by atoms with van der Waals surface area (Å²) < 4.78 is 4.75. The molecule has 2 aliphatic rings. The van der Waals surface area contributed by atoms with E-state index in [-0.39, 0.29) is 23.7 Å². The van der Waals surface area contributed by atoms with Gasteiger partial charge in [0.25, 0.3) is 0 Å². The molecule has 1 heterocycles. The molecule has 112 valence electrons. The van der Waals surface area contributed by atoms with Gasteiger partial charge in [-0.25, -0.2) is 0 Å². The first-order valence-corrected chi connectivity index (χ1v) is 7.05. The van der Waals surface area contributed by atoms with Crippen LogP contribution >= 0.6 is 0 Å². The van der Waals surface area contributed by atoms with Gasteiger partial charge in [0.15, 0.2) is 0 Å². The van der Waals surface area contributed by atoms with E-state index in [2.05, 4.69) is 0 Å². The molecule has 1 amide bonds. The minimum Gasteiger partial charge on any atom is -0.481 e. The first-order valence-electron chi connectivity index (χ1n) is 7.05. The molecule has 0 aromatic rings. The minimum absolute atomic E-state index is 0.0519. The van der Waals surface area contributed by atoms with E-state index in [4.69, 9.17) is 9.84 Å². The molecule has 0 spiro atoms. The molecule has 1 N–H and O–H groups in total. The molecule has 2 rings (SSSR count). The van der Waals surface area contributed by atoms with Gasteiger partial charge < -0.3 is 14.7 Å². The Morgan fingerprint density at radius 3 is 2.35 bits per heavy atom. The zero-order valence-electron chi connectivity index (χ0n) is 11.9. The largest absolute Gasteiger partial charge is 0.481 e. The van der Waals surface area contributed by atoms with Crippen LogP contribution in [0, 0.1) is 23.7 Å².